The van der Waals surface area contributed by atoms with Crippen LogP contribution in [0.25, 0.3) is 0 Å². The van der Waals surface area contributed by atoms with Crippen LogP contribution in [0, 0.1) is 5.82 Å². The zero-order valence-electron chi connectivity index (χ0n) is 11.4. The smallest absolute Gasteiger partial charge is 0.146 e. The summed E-state index contributed by atoms with van der Waals surface area (Å²) in [6.45, 7) is 2.45. The number of rotatable bonds is 7. The number of para-hydroxylation sites is 1. The number of nitrogens with zero attached hydrogens (tertiary/aromatic N) is 1. The molecule has 1 aromatic heterocycles. The average molecular weight is 274 g/mol. The quantitative estimate of drug-likeness (QED) is 0.837. The Morgan fingerprint density at radius 3 is 2.75 bits per heavy atom. The Bertz CT molecular complexity index is 537. The molecule has 0 bridgehead atoms. The van der Waals surface area contributed by atoms with Gasteiger partial charge in [0, 0.05) is 19.1 Å². The Morgan fingerprint density at radius 1 is 1.20 bits per heavy atom. The lowest BCUT2D eigenvalue weighted by Crippen LogP contribution is -2.30. The zero-order valence-corrected chi connectivity index (χ0v) is 11.4. The molecule has 1 heterocycles. The number of hydrogen-bond acceptors (Lipinski definition) is 3. The third kappa shape index (κ3) is 3.39. The van der Waals surface area contributed by atoms with Crippen molar-refractivity contribution in [2.75, 3.05) is 18.4 Å². The lowest BCUT2D eigenvalue weighted by Gasteiger charge is -2.21. The van der Waals surface area contributed by atoms with E-state index in [0.717, 1.165) is 25.4 Å². The molecule has 0 amide bonds. The minimum atomic E-state index is -0.198. The monoisotopic (exact) mass is 274 g/mol. The fourth-order valence-electron chi connectivity index (χ4n) is 2.37. The predicted molar refractivity (Wildman–Crippen MR) is 77.0 cm³/mol. The summed E-state index contributed by atoms with van der Waals surface area (Å²) in [5, 5.41) is 3.16. The standard InChI is InChI=1S/C16H19FN2O/c17-15-5-1-2-6-16(15)18-9-10-19(13-7-8-13)12-14-4-3-11-20-14/h1-6,11,13,18H,7-10,12H2. The summed E-state index contributed by atoms with van der Waals surface area (Å²) in [4.78, 5) is 2.40. The first-order valence-electron chi connectivity index (χ1n) is 7.08. The van der Waals surface area contributed by atoms with Gasteiger partial charge in [0.25, 0.3) is 0 Å². The number of anilines is 1. The molecule has 106 valence electrons. The molecule has 2 aromatic rings. The van der Waals surface area contributed by atoms with E-state index in [4.69, 9.17) is 4.42 Å². The van der Waals surface area contributed by atoms with Crippen molar-refractivity contribution in [3.05, 3.63) is 54.2 Å². The summed E-state index contributed by atoms with van der Waals surface area (Å²) >= 11 is 0. The van der Waals surface area contributed by atoms with Gasteiger partial charge < -0.3 is 9.73 Å². The van der Waals surface area contributed by atoms with E-state index in [2.05, 4.69) is 10.2 Å². The number of nitrogens with one attached hydrogen (secondary N) is 1. The highest BCUT2D eigenvalue weighted by Crippen LogP contribution is 2.28. The molecule has 20 heavy (non-hydrogen) atoms. The van der Waals surface area contributed by atoms with Gasteiger partial charge in [-0.3, -0.25) is 4.90 Å². The maximum Gasteiger partial charge on any atom is 0.146 e. The molecule has 1 aliphatic rings. The Hall–Kier alpha value is -1.81. The molecule has 4 heteroatoms. The van der Waals surface area contributed by atoms with E-state index >= 15 is 0 Å². The van der Waals surface area contributed by atoms with Crippen molar-refractivity contribution in [3.63, 3.8) is 0 Å². The van der Waals surface area contributed by atoms with Crippen LogP contribution in [-0.2, 0) is 6.54 Å². The molecule has 0 atom stereocenters. The molecular weight excluding hydrogens is 255 g/mol. The van der Waals surface area contributed by atoms with E-state index in [1.807, 2.05) is 18.2 Å². The molecular formula is C16H19FN2O. The van der Waals surface area contributed by atoms with Crippen LogP contribution >= 0.6 is 0 Å². The molecule has 0 radical (unpaired) electrons. The Morgan fingerprint density at radius 2 is 2.05 bits per heavy atom. The fraction of sp³-hybridized carbons (Fsp3) is 0.375. The number of hydrogen-bond donors (Lipinski definition) is 1. The van der Waals surface area contributed by atoms with Gasteiger partial charge in [-0.25, -0.2) is 4.39 Å². The second-order valence-electron chi connectivity index (χ2n) is 5.19. The SMILES string of the molecule is Fc1ccccc1NCCN(Cc1ccco1)C1CC1. The van der Waals surface area contributed by atoms with Gasteiger partial charge in [-0.2, -0.15) is 0 Å². The van der Waals surface area contributed by atoms with Crippen molar-refractivity contribution in [2.24, 2.45) is 0 Å². The highest BCUT2D eigenvalue weighted by atomic mass is 19.1. The average Bonchev–Trinajstić information content (AvgIpc) is 3.18. The minimum Gasteiger partial charge on any atom is -0.468 e. The molecule has 0 unspecified atom stereocenters. The zero-order chi connectivity index (χ0) is 13.8. The van der Waals surface area contributed by atoms with E-state index in [0.29, 0.717) is 11.7 Å². The maximum atomic E-state index is 13.5. The molecule has 3 rings (SSSR count). The largest absolute Gasteiger partial charge is 0.468 e. The lowest BCUT2D eigenvalue weighted by molar-refractivity contribution is 0.242. The van der Waals surface area contributed by atoms with Gasteiger partial charge in [0.15, 0.2) is 0 Å². The summed E-state index contributed by atoms with van der Waals surface area (Å²) in [6.07, 6.45) is 4.21. The number of furan rings is 1. The van der Waals surface area contributed by atoms with E-state index in [1.165, 1.54) is 18.9 Å². The summed E-state index contributed by atoms with van der Waals surface area (Å²) in [5.41, 5.74) is 0.571. The first-order chi connectivity index (χ1) is 9.83. The van der Waals surface area contributed by atoms with Crippen molar-refractivity contribution in [2.45, 2.75) is 25.4 Å². The van der Waals surface area contributed by atoms with Gasteiger partial charge in [-0.1, -0.05) is 12.1 Å². The van der Waals surface area contributed by atoms with Gasteiger partial charge in [-0.15, -0.1) is 0 Å². The molecule has 0 spiro atoms. The van der Waals surface area contributed by atoms with E-state index in [9.17, 15) is 4.39 Å². The van der Waals surface area contributed by atoms with Crippen LogP contribution in [0.2, 0.25) is 0 Å². The Balaban J connectivity index is 1.51. The normalized spacial score (nSPS) is 14.7. The van der Waals surface area contributed by atoms with Crippen LogP contribution in [0.4, 0.5) is 10.1 Å². The second-order valence-corrected chi connectivity index (χ2v) is 5.19. The molecule has 1 aliphatic carbocycles. The minimum absolute atomic E-state index is 0.198. The molecule has 0 saturated heterocycles. The molecule has 1 N–H and O–H groups in total. The molecule has 1 saturated carbocycles. The van der Waals surface area contributed by atoms with Crippen LogP contribution in [0.3, 0.4) is 0 Å². The van der Waals surface area contributed by atoms with Crippen LogP contribution in [0.15, 0.2) is 47.1 Å². The second kappa shape index (κ2) is 6.09. The topological polar surface area (TPSA) is 28.4 Å². The van der Waals surface area contributed by atoms with Gasteiger partial charge in [0.05, 0.1) is 18.5 Å². The first kappa shape index (κ1) is 13.2. The van der Waals surface area contributed by atoms with E-state index in [-0.39, 0.29) is 5.82 Å². The van der Waals surface area contributed by atoms with Crippen molar-refractivity contribution in [3.8, 4) is 0 Å². The van der Waals surface area contributed by atoms with E-state index in [1.54, 1.807) is 18.4 Å². The van der Waals surface area contributed by atoms with Crippen LogP contribution < -0.4 is 5.32 Å². The lowest BCUT2D eigenvalue weighted by atomic mass is 10.3. The van der Waals surface area contributed by atoms with Crippen LogP contribution in [-0.4, -0.2) is 24.0 Å². The molecule has 1 fully saturated rings. The van der Waals surface area contributed by atoms with Gasteiger partial charge >= 0.3 is 0 Å². The maximum absolute atomic E-state index is 13.5. The van der Waals surface area contributed by atoms with Crippen molar-refractivity contribution < 1.29 is 8.81 Å². The third-order valence-electron chi connectivity index (χ3n) is 3.59. The molecule has 3 nitrogen and oxygen atoms in total. The third-order valence-corrected chi connectivity index (χ3v) is 3.59. The van der Waals surface area contributed by atoms with Gasteiger partial charge in [0.1, 0.15) is 11.6 Å². The van der Waals surface area contributed by atoms with Crippen LogP contribution in [0.5, 0.6) is 0 Å². The number of benzene rings is 1. The van der Waals surface area contributed by atoms with Crippen LogP contribution in [0.1, 0.15) is 18.6 Å². The van der Waals surface area contributed by atoms with Gasteiger partial charge in [0.2, 0.25) is 0 Å². The summed E-state index contributed by atoms with van der Waals surface area (Å²) in [7, 11) is 0. The van der Waals surface area contributed by atoms with Crippen molar-refractivity contribution in [1.82, 2.24) is 4.90 Å². The molecule has 0 aliphatic heterocycles. The highest BCUT2D eigenvalue weighted by molar-refractivity contribution is 5.44. The van der Waals surface area contributed by atoms with Crippen molar-refractivity contribution >= 4 is 5.69 Å². The predicted octanol–water partition coefficient (Wildman–Crippen LogP) is 3.50. The van der Waals surface area contributed by atoms with Gasteiger partial charge in [-0.05, 0) is 37.1 Å². The first-order valence-corrected chi connectivity index (χ1v) is 7.08. The van der Waals surface area contributed by atoms with Crippen molar-refractivity contribution in [1.29, 1.82) is 0 Å². The summed E-state index contributed by atoms with van der Waals surface area (Å²) < 4.78 is 18.9. The molecule has 1 aromatic carbocycles. The highest BCUT2D eigenvalue weighted by Gasteiger charge is 2.29. The van der Waals surface area contributed by atoms with E-state index < -0.39 is 0 Å². The Kier molecular flexibility index (Phi) is 4.02. The summed E-state index contributed by atoms with van der Waals surface area (Å²) in [5.74, 6) is 0.791. The number of halogens is 1. The fourth-order valence-corrected chi connectivity index (χ4v) is 2.37. The summed E-state index contributed by atoms with van der Waals surface area (Å²) in [6, 6.07) is 11.4. The Labute approximate surface area is 118 Å².